The molecule has 0 aliphatic rings. The summed E-state index contributed by atoms with van der Waals surface area (Å²) in [6, 6.07) is 3.24. The van der Waals surface area contributed by atoms with E-state index in [-0.39, 0.29) is 5.39 Å². The van der Waals surface area contributed by atoms with Gasteiger partial charge in [-0.05, 0) is 6.07 Å². The molecule has 5 N–H and O–H groups in total. The lowest BCUT2D eigenvalue weighted by molar-refractivity contribution is 0.0695. The number of fused-ring (bicyclic) bond motifs is 1. The summed E-state index contributed by atoms with van der Waals surface area (Å²) in [7, 11) is 0. The number of carboxylic acids is 1. The van der Waals surface area contributed by atoms with Crippen LogP contribution in [0, 0.1) is 0 Å². The van der Waals surface area contributed by atoms with Gasteiger partial charge in [0.1, 0.15) is 5.56 Å². The second kappa shape index (κ2) is 4.05. The van der Waals surface area contributed by atoms with Gasteiger partial charge in [0.2, 0.25) is 11.2 Å². The quantitative estimate of drug-likeness (QED) is 0.479. The van der Waals surface area contributed by atoms with Crippen LogP contribution in [0.3, 0.4) is 0 Å². The van der Waals surface area contributed by atoms with Crippen molar-refractivity contribution in [3.05, 3.63) is 34.0 Å². The number of phenols is 3. The normalized spacial score (nSPS) is 10.5. The molecule has 7 heteroatoms. The Bertz CT molecular complexity index is 764. The molecule has 0 saturated carbocycles. The third kappa shape index (κ3) is 1.68. The first-order chi connectivity index (χ1) is 8.86. The van der Waals surface area contributed by atoms with E-state index in [1.807, 2.05) is 0 Å². The number of aromatic hydroxyl groups is 4. The number of phenolic OH excluding ortho intramolecular Hbond substituents is 2. The molecule has 7 nitrogen and oxygen atoms in total. The number of hydrogen-bond donors (Lipinski definition) is 5. The van der Waals surface area contributed by atoms with Crippen molar-refractivity contribution >= 4 is 16.7 Å². The van der Waals surface area contributed by atoms with Crippen LogP contribution in [0.4, 0.5) is 0 Å². The first-order valence-corrected chi connectivity index (χ1v) is 5.02. The smallest absolute Gasteiger partial charge is 0.340 e. The van der Waals surface area contributed by atoms with Gasteiger partial charge >= 0.3 is 5.97 Å². The summed E-state index contributed by atoms with van der Waals surface area (Å²) in [6.45, 7) is 0. The van der Waals surface area contributed by atoms with Crippen molar-refractivity contribution in [1.29, 1.82) is 0 Å². The minimum Gasteiger partial charge on any atom is -0.504 e. The molecule has 0 bridgehead atoms. The van der Waals surface area contributed by atoms with Crippen molar-refractivity contribution in [2.75, 3.05) is 0 Å². The molecule has 0 saturated heterocycles. The molecule has 0 aliphatic heterocycles. The molecule has 19 heavy (non-hydrogen) atoms. The largest absolute Gasteiger partial charge is 0.504 e. The fourth-order valence-corrected chi connectivity index (χ4v) is 1.79. The summed E-state index contributed by atoms with van der Waals surface area (Å²) < 4.78 is 0. The van der Waals surface area contributed by atoms with E-state index in [2.05, 4.69) is 0 Å². The van der Waals surface area contributed by atoms with E-state index in [1.165, 1.54) is 0 Å². The van der Waals surface area contributed by atoms with Gasteiger partial charge in [-0.3, -0.25) is 4.79 Å². The molecule has 0 atom stereocenters. The average molecular weight is 264 g/mol. The number of carboxylic acid groups (broad SMARTS) is 1. The van der Waals surface area contributed by atoms with Crippen molar-refractivity contribution in [3.8, 4) is 23.0 Å². The van der Waals surface area contributed by atoms with Crippen LogP contribution in [0.5, 0.6) is 23.0 Å². The van der Waals surface area contributed by atoms with E-state index in [0.29, 0.717) is 0 Å². The van der Waals surface area contributed by atoms with Gasteiger partial charge in [0.05, 0.1) is 5.39 Å². The maximum Gasteiger partial charge on any atom is 0.340 e. The standard InChI is InChI=1S/C12H8O7/c13-5-3-1-2-4-6(8(5)14)9(15)11(17)10(16)7(4)12(18)19/h1-3,15-17H,(H,13,14)(H,18,19). The molecule has 2 aromatic carbocycles. The van der Waals surface area contributed by atoms with Crippen molar-refractivity contribution in [1.82, 2.24) is 0 Å². The second-order valence-electron chi connectivity index (χ2n) is 3.75. The topological polar surface area (TPSA) is 135 Å². The highest BCUT2D eigenvalue weighted by Crippen LogP contribution is 2.46. The van der Waals surface area contributed by atoms with E-state index in [0.717, 1.165) is 18.2 Å². The lowest BCUT2D eigenvalue weighted by atomic mass is 10.0. The van der Waals surface area contributed by atoms with Gasteiger partial charge in [0.15, 0.2) is 17.2 Å². The van der Waals surface area contributed by atoms with Crippen LogP contribution in [0.15, 0.2) is 23.0 Å². The summed E-state index contributed by atoms with van der Waals surface area (Å²) >= 11 is 0. The van der Waals surface area contributed by atoms with Crippen LogP contribution in [-0.2, 0) is 0 Å². The summed E-state index contributed by atoms with van der Waals surface area (Å²) in [5.74, 6) is -5.64. The minimum atomic E-state index is -1.59. The Labute approximate surface area is 105 Å². The number of benzene rings is 1. The van der Waals surface area contributed by atoms with E-state index in [4.69, 9.17) is 5.11 Å². The SMILES string of the molecule is O=C(O)c1c(O)c(O)c(O)c2c(O)c(=O)cccc12. The monoisotopic (exact) mass is 264 g/mol. The van der Waals surface area contributed by atoms with Gasteiger partial charge in [-0.15, -0.1) is 0 Å². The van der Waals surface area contributed by atoms with Gasteiger partial charge in [-0.1, -0.05) is 12.1 Å². The van der Waals surface area contributed by atoms with Crippen molar-refractivity contribution in [2.45, 2.75) is 0 Å². The number of rotatable bonds is 1. The van der Waals surface area contributed by atoms with Crippen molar-refractivity contribution in [2.24, 2.45) is 0 Å². The first kappa shape index (κ1) is 12.5. The lowest BCUT2D eigenvalue weighted by Crippen LogP contribution is -1.99. The summed E-state index contributed by atoms with van der Waals surface area (Å²) in [5, 5.41) is 46.5. The molecular weight excluding hydrogens is 256 g/mol. The zero-order chi connectivity index (χ0) is 14.3. The lowest BCUT2D eigenvalue weighted by Gasteiger charge is -2.08. The third-order valence-corrected chi connectivity index (χ3v) is 2.66. The van der Waals surface area contributed by atoms with Crippen LogP contribution in [0.2, 0.25) is 0 Å². The molecule has 0 unspecified atom stereocenters. The predicted octanol–water partition coefficient (Wildman–Crippen LogP) is 0.721. The van der Waals surface area contributed by atoms with Crippen LogP contribution >= 0.6 is 0 Å². The van der Waals surface area contributed by atoms with Gasteiger partial charge in [-0.25, -0.2) is 4.79 Å². The Morgan fingerprint density at radius 3 is 2.11 bits per heavy atom. The zero-order valence-electron chi connectivity index (χ0n) is 9.28. The number of hydrogen-bond acceptors (Lipinski definition) is 6. The Morgan fingerprint density at radius 1 is 0.895 bits per heavy atom. The van der Waals surface area contributed by atoms with Crippen LogP contribution in [0.1, 0.15) is 10.4 Å². The van der Waals surface area contributed by atoms with Gasteiger partial charge in [0, 0.05) is 5.39 Å². The molecule has 0 heterocycles. The Hall–Kier alpha value is -2.96. The van der Waals surface area contributed by atoms with Crippen LogP contribution < -0.4 is 5.43 Å². The highest BCUT2D eigenvalue weighted by atomic mass is 16.4. The zero-order valence-corrected chi connectivity index (χ0v) is 9.28. The van der Waals surface area contributed by atoms with Gasteiger partial charge < -0.3 is 25.5 Å². The molecule has 0 aromatic heterocycles. The van der Waals surface area contributed by atoms with Crippen molar-refractivity contribution < 1.29 is 30.3 Å². The number of carbonyl (C=O) groups is 1. The molecule has 98 valence electrons. The molecule has 0 amide bonds. The Kier molecular flexibility index (Phi) is 2.67. The summed E-state index contributed by atoms with van der Waals surface area (Å²) in [6.07, 6.45) is 0. The van der Waals surface area contributed by atoms with Crippen LogP contribution in [-0.4, -0.2) is 31.5 Å². The maximum absolute atomic E-state index is 11.4. The highest BCUT2D eigenvalue weighted by molar-refractivity contribution is 6.11. The number of aromatic carboxylic acids is 1. The molecule has 0 aliphatic carbocycles. The molecule has 0 radical (unpaired) electrons. The van der Waals surface area contributed by atoms with E-state index >= 15 is 0 Å². The predicted molar refractivity (Wildman–Crippen MR) is 63.8 cm³/mol. The van der Waals surface area contributed by atoms with E-state index < -0.39 is 45.3 Å². The second-order valence-corrected chi connectivity index (χ2v) is 3.75. The fraction of sp³-hybridized carbons (Fsp3) is 0. The Morgan fingerprint density at radius 2 is 1.53 bits per heavy atom. The molecule has 0 spiro atoms. The summed E-state index contributed by atoms with van der Waals surface area (Å²) in [4.78, 5) is 22.5. The minimum absolute atomic E-state index is 0.278. The highest BCUT2D eigenvalue weighted by Gasteiger charge is 2.24. The maximum atomic E-state index is 11.4. The van der Waals surface area contributed by atoms with Crippen molar-refractivity contribution in [3.63, 3.8) is 0 Å². The van der Waals surface area contributed by atoms with Gasteiger partial charge in [-0.2, -0.15) is 0 Å². The Balaban J connectivity index is 3.25. The molecule has 2 aromatic rings. The van der Waals surface area contributed by atoms with Gasteiger partial charge in [0.25, 0.3) is 0 Å². The third-order valence-electron chi connectivity index (χ3n) is 2.66. The van der Waals surface area contributed by atoms with E-state index in [9.17, 15) is 30.0 Å². The summed E-state index contributed by atoms with van der Waals surface area (Å²) in [5.41, 5.74) is -1.59. The first-order valence-electron chi connectivity index (χ1n) is 5.02. The molecule has 2 rings (SSSR count). The molecule has 0 fully saturated rings. The van der Waals surface area contributed by atoms with Crippen LogP contribution in [0.25, 0.3) is 10.8 Å². The molecular formula is C12H8O7. The van der Waals surface area contributed by atoms with E-state index in [1.54, 1.807) is 0 Å². The fourth-order valence-electron chi connectivity index (χ4n) is 1.79. The average Bonchev–Trinajstić information content (AvgIpc) is 2.47.